The molecule has 0 amide bonds. The number of nitrogens with zero attached hydrogens (tertiary/aromatic N) is 5. The summed E-state index contributed by atoms with van der Waals surface area (Å²) in [6.45, 7) is 0.389. The first kappa shape index (κ1) is 20.4. The van der Waals surface area contributed by atoms with E-state index < -0.39 is 5.97 Å². The normalized spacial score (nSPS) is 10.9. The Bertz CT molecular complexity index is 1430. The molecule has 3 heterocycles. The molecule has 164 valence electrons. The van der Waals surface area contributed by atoms with Crippen LogP contribution in [0, 0.1) is 0 Å². The Labute approximate surface area is 189 Å². The maximum atomic E-state index is 11.5. The van der Waals surface area contributed by atoms with Crippen LogP contribution in [-0.4, -0.2) is 44.4 Å². The molecule has 0 aliphatic heterocycles. The molecule has 5 rings (SSSR count). The minimum atomic E-state index is -0.466. The van der Waals surface area contributed by atoms with Crippen molar-refractivity contribution in [2.24, 2.45) is 0 Å². The fraction of sp³-hybridized carbons (Fsp3) is 0.125. The number of hydrogen-bond donors (Lipinski definition) is 1. The summed E-state index contributed by atoms with van der Waals surface area (Å²) in [6.07, 6.45) is 5.09. The third-order valence-electron chi connectivity index (χ3n) is 5.14. The van der Waals surface area contributed by atoms with Crippen LogP contribution in [0.4, 0.5) is 11.5 Å². The molecule has 9 heteroatoms. The van der Waals surface area contributed by atoms with E-state index in [1.807, 2.05) is 59.4 Å². The van der Waals surface area contributed by atoms with Gasteiger partial charge >= 0.3 is 5.97 Å². The summed E-state index contributed by atoms with van der Waals surface area (Å²) in [4.78, 5) is 24.6. The van der Waals surface area contributed by atoms with Gasteiger partial charge in [-0.2, -0.15) is 5.10 Å². The van der Waals surface area contributed by atoms with Gasteiger partial charge in [0.05, 0.1) is 42.0 Å². The fourth-order valence-electron chi connectivity index (χ4n) is 3.56. The van der Waals surface area contributed by atoms with Gasteiger partial charge in [-0.05, 0) is 42.5 Å². The van der Waals surface area contributed by atoms with E-state index in [9.17, 15) is 4.79 Å². The Hall–Kier alpha value is -4.53. The minimum Gasteiger partial charge on any atom is -0.481 e. The van der Waals surface area contributed by atoms with Crippen molar-refractivity contribution in [2.75, 3.05) is 19.0 Å². The first-order valence-electron chi connectivity index (χ1n) is 10.3. The van der Waals surface area contributed by atoms with Crippen LogP contribution in [0.2, 0.25) is 0 Å². The Kier molecular flexibility index (Phi) is 5.50. The number of ether oxygens (including phenoxy) is 2. The first-order chi connectivity index (χ1) is 16.2. The van der Waals surface area contributed by atoms with Crippen LogP contribution in [0.25, 0.3) is 21.8 Å². The van der Waals surface area contributed by atoms with Gasteiger partial charge < -0.3 is 14.8 Å². The van der Waals surface area contributed by atoms with Gasteiger partial charge in [-0.3, -0.25) is 9.67 Å². The van der Waals surface area contributed by atoms with Gasteiger partial charge in [0.25, 0.3) is 0 Å². The summed E-state index contributed by atoms with van der Waals surface area (Å²) in [5, 5.41) is 9.51. The number of rotatable bonds is 7. The molecule has 3 aromatic heterocycles. The maximum Gasteiger partial charge on any atom is 0.343 e. The zero-order valence-electron chi connectivity index (χ0n) is 17.8. The topological polar surface area (TPSA) is 104 Å². The summed E-state index contributed by atoms with van der Waals surface area (Å²) >= 11 is 0. The number of nitrogens with one attached hydrogen (secondary N) is 1. The number of esters is 1. The molecule has 9 nitrogen and oxygen atoms in total. The minimum absolute atomic E-state index is 0.203. The van der Waals surface area contributed by atoms with E-state index in [1.54, 1.807) is 12.3 Å². The van der Waals surface area contributed by atoms with Gasteiger partial charge in [-0.25, -0.2) is 14.8 Å². The zero-order chi connectivity index (χ0) is 22.6. The standard InChI is InChI=1S/C24H20N6O3/c1-32-22(31)14-33-21-7-4-6-19-23(21)24(27-15-26-19)29-17-8-9-20-16(11-17)12-28-30(20)13-18-5-2-3-10-25-18/h2-12,15H,13-14H2,1H3,(H,26,27,29). The number of carbonyl (C=O) groups is 1. The zero-order valence-corrected chi connectivity index (χ0v) is 17.8. The van der Waals surface area contributed by atoms with Crippen LogP contribution < -0.4 is 10.1 Å². The summed E-state index contributed by atoms with van der Waals surface area (Å²) in [5.41, 5.74) is 3.47. The van der Waals surface area contributed by atoms with Crippen molar-refractivity contribution < 1.29 is 14.3 Å². The predicted octanol–water partition coefficient (Wildman–Crippen LogP) is 3.72. The van der Waals surface area contributed by atoms with E-state index in [4.69, 9.17) is 4.74 Å². The predicted molar refractivity (Wildman–Crippen MR) is 123 cm³/mol. The summed E-state index contributed by atoms with van der Waals surface area (Å²) in [7, 11) is 1.32. The summed E-state index contributed by atoms with van der Waals surface area (Å²) in [6, 6.07) is 17.2. The highest BCUT2D eigenvalue weighted by atomic mass is 16.6. The second-order valence-corrected chi connectivity index (χ2v) is 7.26. The van der Waals surface area contributed by atoms with Crippen LogP contribution in [0.1, 0.15) is 5.69 Å². The monoisotopic (exact) mass is 440 g/mol. The number of anilines is 2. The van der Waals surface area contributed by atoms with Gasteiger partial charge in [0.15, 0.2) is 6.61 Å². The lowest BCUT2D eigenvalue weighted by molar-refractivity contribution is -0.142. The third kappa shape index (κ3) is 4.29. The van der Waals surface area contributed by atoms with Crippen LogP contribution >= 0.6 is 0 Å². The number of carbonyl (C=O) groups excluding carboxylic acids is 1. The Morgan fingerprint density at radius 2 is 2.00 bits per heavy atom. The molecule has 0 bridgehead atoms. The molecule has 0 saturated carbocycles. The number of fused-ring (bicyclic) bond motifs is 2. The van der Waals surface area contributed by atoms with E-state index in [-0.39, 0.29) is 6.61 Å². The highest BCUT2D eigenvalue weighted by Crippen LogP contribution is 2.32. The molecular formula is C24H20N6O3. The third-order valence-corrected chi connectivity index (χ3v) is 5.14. The van der Waals surface area contributed by atoms with Crippen molar-refractivity contribution in [3.63, 3.8) is 0 Å². The van der Waals surface area contributed by atoms with Crippen molar-refractivity contribution in [3.05, 3.63) is 79.0 Å². The Morgan fingerprint density at radius 1 is 1.06 bits per heavy atom. The molecule has 2 aromatic carbocycles. The van der Waals surface area contributed by atoms with Crippen LogP contribution in [-0.2, 0) is 16.1 Å². The van der Waals surface area contributed by atoms with Gasteiger partial charge in [-0.1, -0.05) is 12.1 Å². The molecule has 0 aliphatic carbocycles. The molecule has 0 radical (unpaired) electrons. The van der Waals surface area contributed by atoms with E-state index in [0.29, 0.717) is 29.0 Å². The maximum absolute atomic E-state index is 11.5. The number of methoxy groups -OCH3 is 1. The van der Waals surface area contributed by atoms with E-state index >= 15 is 0 Å². The Balaban J connectivity index is 1.44. The molecule has 0 unspecified atom stereocenters. The smallest absolute Gasteiger partial charge is 0.343 e. The van der Waals surface area contributed by atoms with E-state index in [1.165, 1.54) is 13.4 Å². The van der Waals surface area contributed by atoms with Crippen LogP contribution in [0.5, 0.6) is 5.75 Å². The molecule has 33 heavy (non-hydrogen) atoms. The summed E-state index contributed by atoms with van der Waals surface area (Å²) < 4.78 is 12.3. The SMILES string of the molecule is COC(=O)COc1cccc2ncnc(Nc3ccc4c(cnn4Cc4ccccn4)c3)c12. The lowest BCUT2D eigenvalue weighted by Crippen LogP contribution is -2.13. The molecule has 1 N–H and O–H groups in total. The number of pyridine rings is 1. The van der Waals surface area contributed by atoms with Gasteiger partial charge in [0.1, 0.15) is 17.9 Å². The fourth-order valence-corrected chi connectivity index (χ4v) is 3.56. The van der Waals surface area contributed by atoms with Crippen molar-refractivity contribution >= 4 is 39.3 Å². The number of aromatic nitrogens is 5. The molecule has 0 fully saturated rings. The highest BCUT2D eigenvalue weighted by molar-refractivity contribution is 5.96. The molecular weight excluding hydrogens is 420 g/mol. The van der Waals surface area contributed by atoms with Crippen molar-refractivity contribution in [1.29, 1.82) is 0 Å². The lowest BCUT2D eigenvalue weighted by atomic mass is 10.2. The van der Waals surface area contributed by atoms with Crippen LogP contribution in [0.3, 0.4) is 0 Å². The first-order valence-corrected chi connectivity index (χ1v) is 10.3. The van der Waals surface area contributed by atoms with Crippen molar-refractivity contribution in [1.82, 2.24) is 24.7 Å². The molecule has 0 atom stereocenters. The van der Waals surface area contributed by atoms with Gasteiger partial charge in [0.2, 0.25) is 0 Å². The second kappa shape index (κ2) is 8.91. The molecule has 0 spiro atoms. The average Bonchev–Trinajstić information content (AvgIpc) is 3.25. The highest BCUT2D eigenvalue weighted by Gasteiger charge is 2.13. The average molecular weight is 440 g/mol. The summed E-state index contributed by atoms with van der Waals surface area (Å²) in [5.74, 6) is 0.595. The molecule has 0 saturated heterocycles. The molecule has 0 aliphatic rings. The van der Waals surface area contributed by atoms with Gasteiger partial charge in [0, 0.05) is 17.3 Å². The van der Waals surface area contributed by atoms with Crippen LogP contribution in [0.15, 0.2) is 73.3 Å². The number of hydrogen-bond acceptors (Lipinski definition) is 8. The van der Waals surface area contributed by atoms with E-state index in [2.05, 4.69) is 30.1 Å². The number of benzene rings is 2. The molecule has 5 aromatic rings. The largest absolute Gasteiger partial charge is 0.481 e. The van der Waals surface area contributed by atoms with Crippen molar-refractivity contribution in [2.45, 2.75) is 6.54 Å². The second-order valence-electron chi connectivity index (χ2n) is 7.26. The van der Waals surface area contributed by atoms with E-state index in [0.717, 1.165) is 22.3 Å². The van der Waals surface area contributed by atoms with Gasteiger partial charge in [-0.15, -0.1) is 0 Å². The Morgan fingerprint density at radius 3 is 2.85 bits per heavy atom. The quantitative estimate of drug-likeness (QED) is 0.382. The van der Waals surface area contributed by atoms with Crippen molar-refractivity contribution in [3.8, 4) is 5.75 Å². The lowest BCUT2D eigenvalue weighted by Gasteiger charge is -2.13.